The van der Waals surface area contributed by atoms with Gasteiger partial charge in [-0.05, 0) is 111 Å². The number of hydrogen-bond donors (Lipinski definition) is 3. The lowest BCUT2D eigenvalue weighted by Crippen LogP contribution is -2.60. The molecule has 3 N–H and O–H groups in total. The number of carbonyl (C=O) groups excluding carboxylic acids is 5. The summed E-state index contributed by atoms with van der Waals surface area (Å²) in [7, 11) is 0. The highest BCUT2D eigenvalue weighted by atomic mass is 16.2. The minimum atomic E-state index is -0.914. The monoisotopic (exact) mass is 610 g/mol. The molecule has 44 heavy (non-hydrogen) atoms. The van der Waals surface area contributed by atoms with Crippen LogP contribution in [0, 0.1) is 46.8 Å². The molecule has 4 bridgehead atoms. The van der Waals surface area contributed by atoms with Crippen molar-refractivity contribution in [2.75, 3.05) is 6.54 Å². The van der Waals surface area contributed by atoms with E-state index in [1.165, 1.54) is 32.1 Å². The Labute approximate surface area is 262 Å². The molecule has 9 nitrogen and oxygen atoms in total. The van der Waals surface area contributed by atoms with Crippen molar-refractivity contribution in [2.24, 2.45) is 46.8 Å². The number of carbonyl (C=O) groups is 5. The molecule has 1 heterocycles. The summed E-state index contributed by atoms with van der Waals surface area (Å²) >= 11 is 0. The van der Waals surface area contributed by atoms with Gasteiger partial charge in [-0.25, -0.2) is 0 Å². The summed E-state index contributed by atoms with van der Waals surface area (Å²) in [5.74, 6) is 1.74. The van der Waals surface area contributed by atoms with Crippen molar-refractivity contribution >= 4 is 29.4 Å². The highest BCUT2D eigenvalue weighted by molar-refractivity contribution is 6.38. The molecule has 244 valence electrons. The van der Waals surface area contributed by atoms with E-state index in [9.17, 15) is 24.0 Å². The first-order valence-electron chi connectivity index (χ1n) is 17.7. The molecular weight excluding hydrogens is 556 g/mol. The Hall–Kier alpha value is -2.45. The second kappa shape index (κ2) is 12.4. The van der Waals surface area contributed by atoms with E-state index < -0.39 is 35.2 Å². The molecule has 0 aromatic rings. The number of nitrogens with one attached hydrogen (secondary N) is 3. The van der Waals surface area contributed by atoms with Gasteiger partial charge in [0.15, 0.2) is 0 Å². The van der Waals surface area contributed by atoms with Crippen molar-refractivity contribution in [2.45, 2.75) is 135 Å². The van der Waals surface area contributed by atoms with Crippen LogP contribution in [0.5, 0.6) is 0 Å². The average Bonchev–Trinajstić information content (AvgIpc) is 3.52. The van der Waals surface area contributed by atoms with Crippen LogP contribution in [0.25, 0.3) is 0 Å². The lowest BCUT2D eigenvalue weighted by Gasteiger charge is -2.54. The third-order valence-electron chi connectivity index (χ3n) is 12.1. The lowest BCUT2D eigenvalue weighted by molar-refractivity contribution is -0.146. The van der Waals surface area contributed by atoms with Crippen molar-refractivity contribution in [3.63, 3.8) is 0 Å². The molecule has 7 aliphatic rings. The minimum absolute atomic E-state index is 0.0148. The molecule has 6 saturated carbocycles. The fourth-order valence-corrected chi connectivity index (χ4v) is 9.94. The molecule has 6 aliphatic carbocycles. The summed E-state index contributed by atoms with van der Waals surface area (Å²) in [5, 5.41) is 8.82. The van der Waals surface area contributed by atoms with Crippen LogP contribution in [0.1, 0.15) is 111 Å². The zero-order valence-corrected chi connectivity index (χ0v) is 27.2. The van der Waals surface area contributed by atoms with E-state index in [0.717, 1.165) is 43.9 Å². The Morgan fingerprint density at radius 1 is 0.841 bits per heavy atom. The summed E-state index contributed by atoms with van der Waals surface area (Å²) in [6.45, 7) is 8.31. The van der Waals surface area contributed by atoms with Crippen molar-refractivity contribution in [3.05, 3.63) is 0 Å². The molecule has 1 aliphatic heterocycles. The Morgan fingerprint density at radius 3 is 2.09 bits per heavy atom. The van der Waals surface area contributed by atoms with E-state index in [2.05, 4.69) is 16.0 Å². The molecule has 4 amide bonds. The molecule has 0 spiro atoms. The number of hydrogen-bond acceptors (Lipinski definition) is 5. The molecule has 0 radical (unpaired) electrons. The van der Waals surface area contributed by atoms with Crippen molar-refractivity contribution < 1.29 is 24.0 Å². The van der Waals surface area contributed by atoms with Gasteiger partial charge < -0.3 is 20.9 Å². The number of ketones is 1. The normalized spacial score (nSPS) is 35.1. The Balaban J connectivity index is 1.15. The smallest absolute Gasteiger partial charge is 0.289 e. The number of rotatable bonds is 11. The molecule has 2 unspecified atom stereocenters. The third-order valence-corrected chi connectivity index (χ3v) is 12.1. The molecule has 7 fully saturated rings. The van der Waals surface area contributed by atoms with Gasteiger partial charge >= 0.3 is 0 Å². The van der Waals surface area contributed by atoms with E-state index in [1.54, 1.807) is 4.90 Å². The Kier molecular flexibility index (Phi) is 8.88. The van der Waals surface area contributed by atoms with Crippen molar-refractivity contribution in [1.29, 1.82) is 0 Å². The number of likely N-dealkylation sites (tertiary alicyclic amines) is 1. The van der Waals surface area contributed by atoms with Crippen LogP contribution in [0.15, 0.2) is 0 Å². The van der Waals surface area contributed by atoms with E-state index in [0.29, 0.717) is 43.6 Å². The largest absolute Gasteiger partial charge is 0.347 e. The van der Waals surface area contributed by atoms with Crippen LogP contribution < -0.4 is 16.0 Å². The van der Waals surface area contributed by atoms with Gasteiger partial charge in [0.05, 0.1) is 6.04 Å². The van der Waals surface area contributed by atoms with Crippen LogP contribution in [-0.2, 0) is 24.0 Å². The zero-order chi connectivity index (χ0) is 31.3. The van der Waals surface area contributed by atoms with Gasteiger partial charge in [-0.1, -0.05) is 40.5 Å². The van der Waals surface area contributed by atoms with Crippen molar-refractivity contribution in [3.8, 4) is 0 Å². The van der Waals surface area contributed by atoms with Gasteiger partial charge in [0.25, 0.3) is 5.91 Å². The number of Topliss-reactive ketones (excluding diaryl/α,β-unsaturated/α-hetero) is 1. The van der Waals surface area contributed by atoms with Crippen LogP contribution in [-0.4, -0.2) is 65.0 Å². The molecule has 0 aromatic heterocycles. The maximum absolute atomic E-state index is 14.4. The fraction of sp³-hybridized carbons (Fsp3) is 0.857. The Morgan fingerprint density at radius 2 is 1.50 bits per heavy atom. The van der Waals surface area contributed by atoms with Gasteiger partial charge in [0.2, 0.25) is 23.5 Å². The number of nitrogens with zero attached hydrogens (tertiary/aromatic N) is 1. The first kappa shape index (κ1) is 31.5. The molecule has 5 atom stereocenters. The van der Waals surface area contributed by atoms with Crippen molar-refractivity contribution in [1.82, 2.24) is 20.9 Å². The SMILES string of the molecule is CCC[C@H](NC(=O)[C@@H]1C2CCCC2CN1C(=O)[C@@H](NC(=O)CC1C2CC3CC(C2)CC1C3)C(C)(C)C)C(=O)C(=O)NC1CC1. The highest BCUT2D eigenvalue weighted by Crippen LogP contribution is 2.57. The summed E-state index contributed by atoms with van der Waals surface area (Å²) in [6.07, 6.45) is 12.4. The van der Waals surface area contributed by atoms with E-state index in [1.807, 2.05) is 27.7 Å². The average molecular weight is 611 g/mol. The molecule has 9 heteroatoms. The first-order chi connectivity index (χ1) is 20.9. The van der Waals surface area contributed by atoms with Crippen LogP contribution in [0.4, 0.5) is 0 Å². The summed E-state index contributed by atoms with van der Waals surface area (Å²) in [5.41, 5.74) is -0.544. The summed E-state index contributed by atoms with van der Waals surface area (Å²) < 4.78 is 0. The van der Waals surface area contributed by atoms with Gasteiger partial charge in [-0.3, -0.25) is 24.0 Å². The minimum Gasteiger partial charge on any atom is -0.347 e. The zero-order valence-electron chi connectivity index (χ0n) is 27.2. The van der Waals surface area contributed by atoms with E-state index in [4.69, 9.17) is 0 Å². The first-order valence-corrected chi connectivity index (χ1v) is 17.7. The second-order valence-corrected chi connectivity index (χ2v) is 16.4. The molecular formula is C35H54N4O5. The topological polar surface area (TPSA) is 125 Å². The fourth-order valence-electron chi connectivity index (χ4n) is 9.94. The number of fused-ring (bicyclic) bond motifs is 1. The van der Waals surface area contributed by atoms with Crippen LogP contribution >= 0.6 is 0 Å². The van der Waals surface area contributed by atoms with Gasteiger partial charge in [0, 0.05) is 19.0 Å². The van der Waals surface area contributed by atoms with Gasteiger partial charge in [-0.15, -0.1) is 0 Å². The molecule has 0 aromatic carbocycles. The maximum atomic E-state index is 14.4. The standard InChI is InChI=1S/C35H54N4O5/c1-5-7-27(30(41)33(43)36-24-10-11-24)37-32(42)29-25-9-6-8-21(25)18-39(29)34(44)31(35(2,3)4)38-28(40)17-26-22-13-19-12-20(15-22)16-23(26)14-19/h19-27,29,31H,5-18H2,1-4H3,(H,36,43)(H,37,42)(H,38,40)/t19?,20?,21?,22?,23?,25?,26?,27-,29-,31+/m0/s1. The highest BCUT2D eigenvalue weighted by Gasteiger charge is 2.53. The number of amides is 4. The summed E-state index contributed by atoms with van der Waals surface area (Å²) in [4.78, 5) is 69.3. The molecule has 1 saturated heterocycles. The van der Waals surface area contributed by atoms with E-state index >= 15 is 0 Å². The van der Waals surface area contributed by atoms with E-state index in [-0.39, 0.29) is 35.6 Å². The van der Waals surface area contributed by atoms with Crippen LogP contribution in [0.3, 0.4) is 0 Å². The third kappa shape index (κ3) is 6.44. The maximum Gasteiger partial charge on any atom is 0.289 e. The second-order valence-electron chi connectivity index (χ2n) is 16.4. The Bertz CT molecular complexity index is 1130. The van der Waals surface area contributed by atoms with Crippen LogP contribution in [0.2, 0.25) is 0 Å². The molecule has 7 rings (SSSR count). The predicted molar refractivity (Wildman–Crippen MR) is 166 cm³/mol. The quantitative estimate of drug-likeness (QED) is 0.308. The van der Waals surface area contributed by atoms with Gasteiger partial charge in [0.1, 0.15) is 12.1 Å². The van der Waals surface area contributed by atoms with Gasteiger partial charge in [-0.2, -0.15) is 0 Å². The lowest BCUT2D eigenvalue weighted by atomic mass is 9.51. The predicted octanol–water partition coefficient (Wildman–Crippen LogP) is 3.74. The summed E-state index contributed by atoms with van der Waals surface area (Å²) in [6, 6.07) is -2.32.